The van der Waals surface area contributed by atoms with Crippen LogP contribution in [0.15, 0.2) is 0 Å². The zero-order chi connectivity index (χ0) is 6.12. The van der Waals surface area contributed by atoms with Gasteiger partial charge in [-0.25, -0.2) is 0 Å². The molecule has 0 aliphatic rings. The van der Waals surface area contributed by atoms with E-state index in [1.807, 2.05) is 0 Å². The van der Waals surface area contributed by atoms with E-state index in [2.05, 4.69) is 13.8 Å². The van der Waals surface area contributed by atoms with E-state index >= 15 is 0 Å². The first kappa shape index (κ1) is 16.0. The molecule has 2 nitrogen and oxygen atoms in total. The van der Waals surface area contributed by atoms with Gasteiger partial charge in [0.1, 0.15) is 0 Å². The maximum absolute atomic E-state index is 8.51. The SMILES string of the molecule is CCCC.O=[PH+]O.[H-].[Na+]. The molecule has 0 spiro atoms. The minimum absolute atomic E-state index is 0. The van der Waals surface area contributed by atoms with Crippen molar-refractivity contribution in [3.63, 3.8) is 0 Å². The van der Waals surface area contributed by atoms with Crippen molar-refractivity contribution in [1.82, 2.24) is 0 Å². The van der Waals surface area contributed by atoms with Crippen LogP contribution >= 0.6 is 8.69 Å². The van der Waals surface area contributed by atoms with Gasteiger partial charge in [-0.3, -0.25) is 0 Å². The second-order valence-corrected chi connectivity index (χ2v) is 1.27. The summed E-state index contributed by atoms with van der Waals surface area (Å²) < 4.78 is 8.51. The van der Waals surface area contributed by atoms with E-state index in [1.54, 1.807) is 0 Å². The van der Waals surface area contributed by atoms with E-state index < -0.39 is 8.69 Å². The van der Waals surface area contributed by atoms with Crippen molar-refractivity contribution in [3.05, 3.63) is 0 Å². The van der Waals surface area contributed by atoms with Gasteiger partial charge in [-0.15, -0.1) is 0 Å². The fourth-order valence-corrected chi connectivity index (χ4v) is 0. The minimum atomic E-state index is -1.17. The molecule has 0 amide bonds. The largest absolute Gasteiger partial charge is 1.00 e. The van der Waals surface area contributed by atoms with Crippen LogP contribution in [-0.4, -0.2) is 4.89 Å². The molecule has 8 heavy (non-hydrogen) atoms. The Morgan fingerprint density at radius 3 is 1.62 bits per heavy atom. The van der Waals surface area contributed by atoms with Crippen molar-refractivity contribution in [3.8, 4) is 0 Å². The molecule has 1 N–H and O–H groups in total. The fourth-order valence-electron chi connectivity index (χ4n) is 0. The molecular weight excluding hydrogens is 134 g/mol. The maximum Gasteiger partial charge on any atom is 1.00 e. The van der Waals surface area contributed by atoms with E-state index in [4.69, 9.17) is 9.46 Å². The van der Waals surface area contributed by atoms with Crippen LogP contribution in [0.4, 0.5) is 0 Å². The molecule has 0 aliphatic heterocycles. The Kier molecular flexibility index (Phi) is 48.8. The molecule has 0 aromatic rings. The molecule has 0 heterocycles. The van der Waals surface area contributed by atoms with Crippen molar-refractivity contribution >= 4 is 8.69 Å². The van der Waals surface area contributed by atoms with Crippen LogP contribution in [0.1, 0.15) is 28.1 Å². The van der Waals surface area contributed by atoms with Crippen molar-refractivity contribution in [2.45, 2.75) is 26.7 Å². The molecular formula is C4H13NaO2P+. The fraction of sp³-hybridized carbons (Fsp3) is 1.00. The number of hydrogen-bond acceptors (Lipinski definition) is 1. The van der Waals surface area contributed by atoms with Gasteiger partial charge >= 0.3 is 38.2 Å². The summed E-state index contributed by atoms with van der Waals surface area (Å²) in [4.78, 5) is 7.04. The van der Waals surface area contributed by atoms with E-state index in [9.17, 15) is 0 Å². The predicted octanol–water partition coefficient (Wildman–Crippen LogP) is -1.16. The van der Waals surface area contributed by atoms with Crippen molar-refractivity contribution in [1.29, 1.82) is 0 Å². The summed E-state index contributed by atoms with van der Waals surface area (Å²) in [5.41, 5.74) is 0. The van der Waals surface area contributed by atoms with Crippen molar-refractivity contribution < 1.29 is 40.4 Å². The van der Waals surface area contributed by atoms with Crippen LogP contribution in [0, 0.1) is 0 Å². The summed E-state index contributed by atoms with van der Waals surface area (Å²) in [6.45, 7) is 4.36. The minimum Gasteiger partial charge on any atom is -1.00 e. The second-order valence-electron chi connectivity index (χ2n) is 1.09. The quantitative estimate of drug-likeness (QED) is 0.375. The first-order valence-corrected chi connectivity index (χ1v) is 3.20. The Bertz CT molecular complexity index is 37.7. The second kappa shape index (κ2) is 24.4. The number of rotatable bonds is 1. The Labute approximate surface area is 75.7 Å². The molecule has 0 bridgehead atoms. The molecule has 0 rings (SSSR count). The topological polar surface area (TPSA) is 37.3 Å². The van der Waals surface area contributed by atoms with Crippen LogP contribution < -0.4 is 29.6 Å². The summed E-state index contributed by atoms with van der Waals surface area (Å²) in [5.74, 6) is 0. The molecule has 0 saturated heterocycles. The van der Waals surface area contributed by atoms with E-state index in [-0.39, 0.29) is 31.0 Å². The van der Waals surface area contributed by atoms with Crippen LogP contribution in [0.25, 0.3) is 0 Å². The Hall–Kier alpha value is 1.06. The molecule has 1 unspecified atom stereocenters. The van der Waals surface area contributed by atoms with Crippen LogP contribution in [0.3, 0.4) is 0 Å². The van der Waals surface area contributed by atoms with Gasteiger partial charge in [-0.1, -0.05) is 26.7 Å². The summed E-state index contributed by atoms with van der Waals surface area (Å²) in [5, 5.41) is 0. The number of unbranched alkanes of at least 4 members (excludes halogenated alkanes) is 1. The van der Waals surface area contributed by atoms with Crippen molar-refractivity contribution in [2.75, 3.05) is 0 Å². The van der Waals surface area contributed by atoms with Gasteiger partial charge in [-0.05, 0) is 4.57 Å². The van der Waals surface area contributed by atoms with Gasteiger partial charge < -0.3 is 1.43 Å². The standard InChI is InChI=1S/C4H10.Na.HO2P.H/c1-3-4-2;;1-3-2;/h3-4H2,1-2H3;;3H;/q;+1;;-1/p+1. The summed E-state index contributed by atoms with van der Waals surface area (Å²) in [6, 6.07) is 0. The Morgan fingerprint density at radius 2 is 1.62 bits per heavy atom. The van der Waals surface area contributed by atoms with Crippen LogP contribution in [0.2, 0.25) is 0 Å². The molecule has 0 aliphatic carbocycles. The van der Waals surface area contributed by atoms with Gasteiger partial charge in [-0.2, -0.15) is 4.89 Å². The molecule has 46 valence electrons. The zero-order valence-corrected chi connectivity index (χ0v) is 8.77. The van der Waals surface area contributed by atoms with Gasteiger partial charge in [0, 0.05) is 0 Å². The molecule has 4 heteroatoms. The molecule has 0 aromatic heterocycles. The Morgan fingerprint density at radius 1 is 1.50 bits per heavy atom. The predicted molar refractivity (Wildman–Crippen MR) is 32.9 cm³/mol. The third-order valence-electron chi connectivity index (χ3n) is 0.500. The molecule has 0 aromatic carbocycles. The van der Waals surface area contributed by atoms with Gasteiger partial charge in [0.2, 0.25) is 0 Å². The van der Waals surface area contributed by atoms with E-state index in [1.165, 1.54) is 12.8 Å². The number of hydrogen-bond donors (Lipinski definition) is 1. The average molecular weight is 147 g/mol. The molecule has 0 saturated carbocycles. The summed E-state index contributed by atoms with van der Waals surface area (Å²) >= 11 is 0. The first-order chi connectivity index (χ1) is 3.33. The third kappa shape index (κ3) is 61.1. The monoisotopic (exact) mass is 147 g/mol. The third-order valence-corrected chi connectivity index (χ3v) is 0.500. The smallest absolute Gasteiger partial charge is 1.00 e. The molecule has 0 radical (unpaired) electrons. The normalized spacial score (nSPS) is 6.38. The molecule has 1 atom stereocenters. The van der Waals surface area contributed by atoms with Crippen molar-refractivity contribution in [2.24, 2.45) is 0 Å². The summed E-state index contributed by atoms with van der Waals surface area (Å²) in [6.07, 6.45) is 2.64. The van der Waals surface area contributed by atoms with E-state index in [0.717, 1.165) is 0 Å². The maximum atomic E-state index is 8.51. The van der Waals surface area contributed by atoms with Crippen LogP contribution in [0.5, 0.6) is 0 Å². The molecule has 0 fully saturated rings. The average Bonchev–Trinajstić information content (AvgIpc) is 1.69. The Balaban J connectivity index is -0.0000000233. The van der Waals surface area contributed by atoms with Crippen LogP contribution in [-0.2, 0) is 4.57 Å². The summed E-state index contributed by atoms with van der Waals surface area (Å²) in [7, 11) is -1.17. The van der Waals surface area contributed by atoms with Gasteiger partial charge in [0.05, 0.1) is 0 Å². The van der Waals surface area contributed by atoms with Gasteiger partial charge in [0.15, 0.2) is 0 Å². The van der Waals surface area contributed by atoms with E-state index in [0.29, 0.717) is 0 Å². The van der Waals surface area contributed by atoms with Gasteiger partial charge in [0.25, 0.3) is 0 Å². The first-order valence-electron chi connectivity index (χ1n) is 2.34. The zero-order valence-electron chi connectivity index (χ0n) is 6.77.